The van der Waals surface area contributed by atoms with E-state index in [0.29, 0.717) is 6.42 Å². The third-order valence-electron chi connectivity index (χ3n) is 4.94. The number of hydrogen-bond donors (Lipinski definition) is 3. The maximum atomic E-state index is 9.34. The second-order valence-corrected chi connectivity index (χ2v) is 7.07. The average molecular weight is 367 g/mol. The van der Waals surface area contributed by atoms with Crippen molar-refractivity contribution in [3.63, 3.8) is 0 Å². The minimum atomic E-state index is -0.673. The fourth-order valence-electron chi connectivity index (χ4n) is 2.92. The van der Waals surface area contributed by atoms with Crippen molar-refractivity contribution in [3.8, 4) is 22.4 Å². The van der Waals surface area contributed by atoms with Gasteiger partial charge < -0.3 is 20.4 Å². The maximum Gasteiger partial charge on any atom is 0.194 e. The summed E-state index contributed by atoms with van der Waals surface area (Å²) in [6, 6.07) is 16.6. The maximum absolute atomic E-state index is 9.34. The molecular formula is C22H27N2O3+. The summed E-state index contributed by atoms with van der Waals surface area (Å²) >= 11 is 0. The average Bonchev–Trinajstić information content (AvgIpc) is 3.22. The van der Waals surface area contributed by atoms with Gasteiger partial charge in [-0.3, -0.25) is 0 Å². The van der Waals surface area contributed by atoms with Crippen molar-refractivity contribution in [1.82, 2.24) is 4.98 Å². The molecule has 142 valence electrons. The summed E-state index contributed by atoms with van der Waals surface area (Å²) < 4.78 is 5.41. The van der Waals surface area contributed by atoms with Gasteiger partial charge in [0, 0.05) is 18.4 Å². The van der Waals surface area contributed by atoms with Crippen LogP contribution in [0.25, 0.3) is 22.4 Å². The van der Waals surface area contributed by atoms with Gasteiger partial charge in [-0.1, -0.05) is 55.5 Å². The molecule has 0 radical (unpaired) electrons. The molecule has 0 fully saturated rings. The molecule has 3 rings (SSSR count). The van der Waals surface area contributed by atoms with Crippen molar-refractivity contribution in [1.29, 1.82) is 0 Å². The van der Waals surface area contributed by atoms with E-state index in [0.717, 1.165) is 41.1 Å². The van der Waals surface area contributed by atoms with E-state index in [4.69, 9.17) is 4.42 Å². The normalized spacial score (nSPS) is 11.7. The molecule has 0 unspecified atom stereocenters. The Labute approximate surface area is 159 Å². The zero-order valence-electron chi connectivity index (χ0n) is 15.7. The summed E-state index contributed by atoms with van der Waals surface area (Å²) in [4.78, 5) is 4.46. The number of aliphatic hydroxyl groups excluding tert-OH is 2. The number of nitrogens with zero attached hydrogens (tertiary/aromatic N) is 1. The molecule has 3 aromatic rings. The molecule has 0 saturated carbocycles. The molecule has 0 saturated heterocycles. The first kappa shape index (κ1) is 19.3. The number of hydrogen-bond acceptors (Lipinski definition) is 4. The van der Waals surface area contributed by atoms with Crippen molar-refractivity contribution >= 4 is 0 Å². The highest BCUT2D eigenvalue weighted by molar-refractivity contribution is 5.68. The van der Waals surface area contributed by atoms with Gasteiger partial charge in [-0.2, -0.15) is 0 Å². The van der Waals surface area contributed by atoms with Crippen LogP contribution in [0.5, 0.6) is 0 Å². The van der Waals surface area contributed by atoms with E-state index < -0.39 is 5.54 Å². The fraction of sp³-hybridized carbons (Fsp3) is 0.318. The van der Waals surface area contributed by atoms with Crippen LogP contribution in [0.2, 0.25) is 0 Å². The van der Waals surface area contributed by atoms with Gasteiger partial charge in [-0.05, 0) is 23.1 Å². The summed E-state index contributed by atoms with van der Waals surface area (Å²) in [5.74, 6) is 0.748. The number of benzene rings is 2. The Balaban J connectivity index is 1.68. The molecule has 5 nitrogen and oxygen atoms in total. The van der Waals surface area contributed by atoms with Crippen molar-refractivity contribution in [2.24, 2.45) is 0 Å². The van der Waals surface area contributed by atoms with Crippen LogP contribution in [0.15, 0.2) is 59.2 Å². The monoisotopic (exact) mass is 367 g/mol. The molecule has 0 aliphatic rings. The molecule has 5 heteroatoms. The van der Waals surface area contributed by atoms with Gasteiger partial charge in [-0.15, -0.1) is 0 Å². The van der Waals surface area contributed by atoms with E-state index in [1.807, 2.05) is 6.92 Å². The van der Waals surface area contributed by atoms with Crippen LogP contribution in [0.4, 0.5) is 0 Å². The summed E-state index contributed by atoms with van der Waals surface area (Å²) in [6.45, 7) is 1.80. The van der Waals surface area contributed by atoms with Gasteiger partial charge in [0.05, 0.1) is 0 Å². The molecule has 0 aliphatic heterocycles. The predicted octanol–water partition coefficient (Wildman–Crippen LogP) is 2.47. The Kier molecular flexibility index (Phi) is 6.06. The lowest BCUT2D eigenvalue weighted by Gasteiger charge is -2.20. The van der Waals surface area contributed by atoms with E-state index in [1.165, 1.54) is 5.56 Å². The van der Waals surface area contributed by atoms with Crippen LogP contribution in [0.1, 0.15) is 24.8 Å². The van der Waals surface area contributed by atoms with Crippen LogP contribution in [0, 0.1) is 0 Å². The van der Waals surface area contributed by atoms with E-state index in [1.54, 1.807) is 6.26 Å². The number of aryl methyl sites for hydroxylation is 2. The molecular weight excluding hydrogens is 340 g/mol. The number of aliphatic hydroxyl groups is 2. The van der Waals surface area contributed by atoms with Crippen LogP contribution in [-0.2, 0) is 12.8 Å². The molecule has 0 amide bonds. The Hall–Kier alpha value is -2.47. The number of rotatable bonds is 8. The van der Waals surface area contributed by atoms with E-state index in [-0.39, 0.29) is 13.2 Å². The predicted molar refractivity (Wildman–Crippen MR) is 105 cm³/mol. The van der Waals surface area contributed by atoms with Gasteiger partial charge in [0.1, 0.15) is 30.7 Å². The quantitative estimate of drug-likeness (QED) is 0.570. The van der Waals surface area contributed by atoms with E-state index >= 15 is 0 Å². The third kappa shape index (κ3) is 4.63. The lowest BCUT2D eigenvalue weighted by Crippen LogP contribution is -2.76. The minimum absolute atomic E-state index is 0.112. The molecule has 5 N–H and O–H groups in total. The summed E-state index contributed by atoms with van der Waals surface area (Å²) in [7, 11) is 0. The first-order valence-electron chi connectivity index (χ1n) is 9.28. The van der Waals surface area contributed by atoms with Crippen LogP contribution >= 0.6 is 0 Å². The smallest absolute Gasteiger partial charge is 0.194 e. The molecule has 2 aromatic carbocycles. The molecule has 0 spiro atoms. The standard InChI is InChI=1S/C22H26N2O3/c1-2-21-24-20(13-27-21)19-9-7-18(8-10-19)17-5-3-16(4-6-17)11-12-22(23,14-25)15-26/h3-10,13,25-26H,2,11-12,14-15,23H2,1H3/p+1. The molecule has 1 heterocycles. The second-order valence-electron chi connectivity index (χ2n) is 7.07. The van der Waals surface area contributed by atoms with Crippen LogP contribution < -0.4 is 5.73 Å². The Morgan fingerprint density at radius 1 is 0.926 bits per heavy atom. The van der Waals surface area contributed by atoms with Crippen molar-refractivity contribution in [2.75, 3.05) is 13.2 Å². The number of quaternary nitrogens is 1. The zero-order chi connectivity index (χ0) is 19.3. The molecule has 0 aliphatic carbocycles. The first-order chi connectivity index (χ1) is 13.1. The minimum Gasteiger partial charge on any atom is -0.448 e. The fourth-order valence-corrected chi connectivity index (χ4v) is 2.92. The van der Waals surface area contributed by atoms with E-state index in [2.05, 4.69) is 59.2 Å². The van der Waals surface area contributed by atoms with Crippen molar-refractivity contribution in [3.05, 3.63) is 66.2 Å². The van der Waals surface area contributed by atoms with Gasteiger partial charge in [0.2, 0.25) is 0 Å². The van der Waals surface area contributed by atoms with Crippen LogP contribution in [0.3, 0.4) is 0 Å². The molecule has 0 atom stereocenters. The van der Waals surface area contributed by atoms with Crippen molar-refractivity contribution < 1.29 is 20.4 Å². The Morgan fingerprint density at radius 3 is 2.00 bits per heavy atom. The highest BCUT2D eigenvalue weighted by Crippen LogP contribution is 2.25. The van der Waals surface area contributed by atoms with E-state index in [9.17, 15) is 10.2 Å². The Bertz CT molecular complexity index is 850. The SMILES string of the molecule is CCc1nc(-c2ccc(-c3ccc(CCC([NH3+])(CO)CO)cc3)cc2)co1. The molecule has 1 aromatic heterocycles. The molecule has 27 heavy (non-hydrogen) atoms. The van der Waals surface area contributed by atoms with Gasteiger partial charge in [-0.25, -0.2) is 4.98 Å². The first-order valence-corrected chi connectivity index (χ1v) is 9.28. The zero-order valence-corrected chi connectivity index (χ0v) is 15.7. The van der Waals surface area contributed by atoms with Gasteiger partial charge >= 0.3 is 0 Å². The largest absolute Gasteiger partial charge is 0.448 e. The third-order valence-corrected chi connectivity index (χ3v) is 4.94. The summed E-state index contributed by atoms with van der Waals surface area (Å²) in [5.41, 5.74) is 8.59. The highest BCUT2D eigenvalue weighted by Gasteiger charge is 2.26. The van der Waals surface area contributed by atoms with Crippen molar-refractivity contribution in [2.45, 2.75) is 31.7 Å². The second kappa shape index (κ2) is 8.48. The van der Waals surface area contributed by atoms with Crippen LogP contribution in [-0.4, -0.2) is 33.9 Å². The van der Waals surface area contributed by atoms with Gasteiger partial charge in [0.15, 0.2) is 5.89 Å². The lowest BCUT2D eigenvalue weighted by molar-refractivity contribution is -0.491. The summed E-state index contributed by atoms with van der Waals surface area (Å²) in [5, 5.41) is 18.7. The Morgan fingerprint density at radius 2 is 1.48 bits per heavy atom. The lowest BCUT2D eigenvalue weighted by atomic mass is 9.93. The molecule has 0 bridgehead atoms. The number of oxazole rings is 1. The summed E-state index contributed by atoms with van der Waals surface area (Å²) in [6.07, 6.45) is 3.90. The highest BCUT2D eigenvalue weighted by atomic mass is 16.3. The number of aromatic nitrogens is 1. The van der Waals surface area contributed by atoms with Gasteiger partial charge in [0.25, 0.3) is 0 Å². The topological polar surface area (TPSA) is 94.1 Å².